The van der Waals surface area contributed by atoms with Gasteiger partial charge in [0.05, 0.1) is 34.9 Å². The number of pyridine rings is 2. The van der Waals surface area contributed by atoms with Gasteiger partial charge in [-0.25, -0.2) is 4.98 Å². The summed E-state index contributed by atoms with van der Waals surface area (Å²) in [5.74, 6) is -0.655. The molecule has 4 heterocycles. The third kappa shape index (κ3) is 3.29. The summed E-state index contributed by atoms with van der Waals surface area (Å²) in [7, 11) is 0. The maximum absolute atomic E-state index is 12.4. The van der Waals surface area contributed by atoms with Crippen LogP contribution in [0.1, 0.15) is 10.5 Å². The molecule has 10 heteroatoms. The highest BCUT2D eigenvalue weighted by Crippen LogP contribution is 2.37. The number of aromatic nitrogens is 5. The Morgan fingerprint density at radius 2 is 1.91 bits per heavy atom. The van der Waals surface area contributed by atoms with Gasteiger partial charge >= 0.3 is 0 Å². The van der Waals surface area contributed by atoms with Crippen LogP contribution in [0.25, 0.3) is 38.9 Å². The van der Waals surface area contributed by atoms with Crippen LogP contribution >= 0.6 is 23.2 Å². The van der Waals surface area contributed by atoms with Gasteiger partial charge in [-0.05, 0) is 24.3 Å². The predicted molar refractivity (Wildman–Crippen MR) is 123 cm³/mol. The second-order valence-corrected chi connectivity index (χ2v) is 7.97. The Labute approximate surface area is 191 Å². The number of halogens is 2. The molecule has 3 N–H and O–H groups in total. The molecule has 0 atom stereocenters. The van der Waals surface area contributed by atoms with Gasteiger partial charge in [0.1, 0.15) is 17.0 Å². The van der Waals surface area contributed by atoms with Crippen molar-refractivity contribution in [1.29, 1.82) is 0 Å². The van der Waals surface area contributed by atoms with Crippen molar-refractivity contribution in [1.82, 2.24) is 24.1 Å². The van der Waals surface area contributed by atoms with Crippen molar-refractivity contribution in [3.63, 3.8) is 0 Å². The lowest BCUT2D eigenvalue weighted by Gasteiger charge is -2.06. The van der Waals surface area contributed by atoms with E-state index in [-0.39, 0.29) is 12.3 Å². The molecule has 8 nitrogen and oxygen atoms in total. The Morgan fingerprint density at radius 3 is 2.62 bits per heavy atom. The second kappa shape index (κ2) is 7.90. The Morgan fingerprint density at radius 1 is 1.12 bits per heavy atom. The van der Waals surface area contributed by atoms with Gasteiger partial charge in [0.2, 0.25) is 0 Å². The smallest absolute Gasteiger partial charge is 0.268 e. The number of nitrogens with two attached hydrogens (primary N) is 1. The van der Waals surface area contributed by atoms with Crippen LogP contribution in [-0.4, -0.2) is 41.8 Å². The Bertz CT molecular complexity index is 1490. The van der Waals surface area contributed by atoms with E-state index < -0.39 is 5.91 Å². The molecule has 5 aromatic rings. The summed E-state index contributed by atoms with van der Waals surface area (Å²) in [5.41, 5.74) is 9.50. The van der Waals surface area contributed by atoms with Gasteiger partial charge in [-0.1, -0.05) is 29.3 Å². The SMILES string of the molecule is NC(=O)c1c(-c2c(Cl)cccc2Cl)nc2c3cc(-c4cnn(CCO)c4)cnc3ccn12. The number of aliphatic hydroxyl groups is 1. The van der Waals surface area contributed by atoms with E-state index in [2.05, 4.69) is 10.1 Å². The lowest BCUT2D eigenvalue weighted by atomic mass is 10.1. The minimum absolute atomic E-state index is 0.00490. The summed E-state index contributed by atoms with van der Waals surface area (Å²) in [6, 6.07) is 8.79. The van der Waals surface area contributed by atoms with E-state index in [4.69, 9.17) is 39.0 Å². The van der Waals surface area contributed by atoms with Gasteiger partial charge in [0.25, 0.3) is 5.91 Å². The zero-order valence-corrected chi connectivity index (χ0v) is 18.0. The van der Waals surface area contributed by atoms with Crippen molar-refractivity contribution in [2.45, 2.75) is 6.54 Å². The largest absolute Gasteiger partial charge is 0.394 e. The van der Waals surface area contributed by atoms with Crippen molar-refractivity contribution in [2.24, 2.45) is 5.73 Å². The number of imidazole rings is 1. The van der Waals surface area contributed by atoms with E-state index in [1.165, 1.54) is 0 Å². The molecule has 0 aliphatic heterocycles. The number of carbonyl (C=O) groups is 1. The summed E-state index contributed by atoms with van der Waals surface area (Å²) in [4.78, 5) is 21.7. The van der Waals surface area contributed by atoms with Crippen LogP contribution in [0.2, 0.25) is 10.0 Å². The Kier molecular flexibility index (Phi) is 5.05. The molecule has 32 heavy (non-hydrogen) atoms. The Balaban J connectivity index is 1.78. The number of nitrogens with zero attached hydrogens (tertiary/aromatic N) is 5. The van der Waals surface area contributed by atoms with E-state index in [1.807, 2.05) is 12.3 Å². The fourth-order valence-electron chi connectivity index (χ4n) is 3.73. The molecule has 0 aliphatic rings. The molecule has 0 unspecified atom stereocenters. The number of fused-ring (bicyclic) bond motifs is 3. The summed E-state index contributed by atoms with van der Waals surface area (Å²) >= 11 is 12.8. The number of primary amides is 1. The van der Waals surface area contributed by atoms with Crippen molar-refractivity contribution in [3.8, 4) is 22.4 Å². The fraction of sp³-hybridized carbons (Fsp3) is 0.0909. The van der Waals surface area contributed by atoms with E-state index >= 15 is 0 Å². The van der Waals surface area contributed by atoms with Crippen molar-refractivity contribution >= 4 is 45.7 Å². The number of amides is 1. The predicted octanol–water partition coefficient (Wildman–Crippen LogP) is 3.81. The van der Waals surface area contributed by atoms with Crippen molar-refractivity contribution in [2.75, 3.05) is 6.61 Å². The summed E-state index contributed by atoms with van der Waals surface area (Å²) in [6.45, 7) is 0.393. The molecule has 160 valence electrons. The zero-order valence-electron chi connectivity index (χ0n) is 16.5. The summed E-state index contributed by atoms with van der Waals surface area (Å²) < 4.78 is 3.28. The number of carbonyl (C=O) groups excluding carboxylic acids is 1. The molecule has 0 saturated heterocycles. The average Bonchev–Trinajstić information content (AvgIpc) is 3.38. The molecule has 0 aliphatic carbocycles. The Hall–Kier alpha value is -3.46. The van der Waals surface area contributed by atoms with Gasteiger partial charge in [-0.15, -0.1) is 0 Å². The zero-order chi connectivity index (χ0) is 22.4. The molecule has 0 saturated carbocycles. The van der Waals surface area contributed by atoms with Crippen molar-refractivity contribution in [3.05, 3.63) is 70.9 Å². The second-order valence-electron chi connectivity index (χ2n) is 7.15. The fourth-order valence-corrected chi connectivity index (χ4v) is 4.31. The lowest BCUT2D eigenvalue weighted by molar-refractivity contribution is 0.0995. The first-order chi connectivity index (χ1) is 15.5. The molecular formula is C22H16Cl2N6O2. The topological polar surface area (TPSA) is 111 Å². The first-order valence-electron chi connectivity index (χ1n) is 9.66. The number of hydrogen-bond acceptors (Lipinski definition) is 5. The normalized spacial score (nSPS) is 11.5. The quantitative estimate of drug-likeness (QED) is 0.408. The molecule has 0 bridgehead atoms. The molecule has 1 amide bonds. The highest BCUT2D eigenvalue weighted by molar-refractivity contribution is 6.39. The van der Waals surface area contributed by atoms with Crippen LogP contribution in [0.3, 0.4) is 0 Å². The lowest BCUT2D eigenvalue weighted by Crippen LogP contribution is -2.15. The first kappa shape index (κ1) is 20.4. The minimum atomic E-state index is -0.655. The monoisotopic (exact) mass is 466 g/mol. The number of benzene rings is 1. The van der Waals surface area contributed by atoms with Gasteiger partial charge in [-0.3, -0.25) is 18.9 Å². The summed E-state index contributed by atoms with van der Waals surface area (Å²) in [6.07, 6.45) is 6.97. The molecule has 4 aromatic heterocycles. The van der Waals surface area contributed by atoms with E-state index in [9.17, 15) is 4.79 Å². The van der Waals surface area contributed by atoms with Gasteiger partial charge < -0.3 is 10.8 Å². The molecule has 0 fully saturated rings. The summed E-state index contributed by atoms with van der Waals surface area (Å²) in [5, 5.41) is 14.8. The van der Waals surface area contributed by atoms with Crippen LogP contribution in [0.15, 0.2) is 55.1 Å². The average molecular weight is 467 g/mol. The highest BCUT2D eigenvalue weighted by Gasteiger charge is 2.23. The van der Waals surface area contributed by atoms with Crippen LogP contribution in [-0.2, 0) is 6.54 Å². The van der Waals surface area contributed by atoms with Crippen molar-refractivity contribution < 1.29 is 9.90 Å². The standard InChI is InChI=1S/C22H16Cl2N6O2/c23-15-2-1-3-16(24)18(15)19-20(21(25)32)30-5-4-17-14(22(30)28-19)8-12(9-26-17)13-10-27-29(11-13)6-7-31/h1-5,8-11,31H,6-7H2,(H2,25,32). The molecular weight excluding hydrogens is 451 g/mol. The molecule has 1 aromatic carbocycles. The maximum atomic E-state index is 12.4. The first-order valence-corrected chi connectivity index (χ1v) is 10.4. The number of hydrogen-bond donors (Lipinski definition) is 2. The van der Waals surface area contributed by atoms with Gasteiger partial charge in [0, 0.05) is 40.7 Å². The third-order valence-corrected chi connectivity index (χ3v) is 5.81. The van der Waals surface area contributed by atoms with Gasteiger partial charge in [0.15, 0.2) is 0 Å². The molecule has 0 spiro atoms. The minimum Gasteiger partial charge on any atom is -0.394 e. The van der Waals surface area contributed by atoms with E-state index in [0.29, 0.717) is 39.0 Å². The highest BCUT2D eigenvalue weighted by atomic mass is 35.5. The van der Waals surface area contributed by atoms with Crippen LogP contribution in [0.5, 0.6) is 0 Å². The third-order valence-electron chi connectivity index (χ3n) is 5.18. The van der Waals surface area contributed by atoms with Crippen LogP contribution in [0, 0.1) is 0 Å². The molecule has 0 radical (unpaired) electrons. The maximum Gasteiger partial charge on any atom is 0.268 e. The number of aliphatic hydroxyl groups excluding tert-OH is 1. The van der Waals surface area contributed by atoms with Crippen LogP contribution in [0.4, 0.5) is 0 Å². The number of rotatable bonds is 5. The van der Waals surface area contributed by atoms with Crippen LogP contribution < -0.4 is 5.73 Å². The van der Waals surface area contributed by atoms with E-state index in [0.717, 1.165) is 16.5 Å². The van der Waals surface area contributed by atoms with Gasteiger partial charge in [-0.2, -0.15) is 5.10 Å². The molecule has 5 rings (SSSR count). The van der Waals surface area contributed by atoms with E-state index in [1.54, 1.807) is 51.9 Å².